The fourth-order valence-corrected chi connectivity index (χ4v) is 2.60. The van der Waals surface area contributed by atoms with E-state index >= 15 is 0 Å². The third-order valence-corrected chi connectivity index (χ3v) is 3.50. The zero-order valence-electron chi connectivity index (χ0n) is 12.3. The van der Waals surface area contributed by atoms with E-state index in [1.807, 2.05) is 19.9 Å². The summed E-state index contributed by atoms with van der Waals surface area (Å²) < 4.78 is 6.96. The van der Waals surface area contributed by atoms with Gasteiger partial charge in [-0.25, -0.2) is 4.79 Å². The van der Waals surface area contributed by atoms with Crippen molar-refractivity contribution in [2.75, 3.05) is 7.11 Å². The molecule has 0 saturated carbocycles. The minimum absolute atomic E-state index is 0.00106. The first kappa shape index (κ1) is 15.4. The maximum atomic E-state index is 11.1. The molecule has 5 nitrogen and oxygen atoms in total. The molecule has 0 aliphatic carbocycles. The molecule has 0 radical (unpaired) electrons. The summed E-state index contributed by atoms with van der Waals surface area (Å²) in [5.41, 5.74) is 2.50. The second-order valence-corrected chi connectivity index (χ2v) is 5.50. The lowest BCUT2D eigenvalue weighted by Gasteiger charge is -2.17. The molecular formula is C15H17ClN2O3. The molecule has 1 heterocycles. The summed E-state index contributed by atoms with van der Waals surface area (Å²) in [5, 5.41) is 13.6. The van der Waals surface area contributed by atoms with Gasteiger partial charge in [0.15, 0.2) is 5.69 Å². The van der Waals surface area contributed by atoms with E-state index in [-0.39, 0.29) is 11.6 Å². The summed E-state index contributed by atoms with van der Waals surface area (Å²) >= 11 is 6.15. The van der Waals surface area contributed by atoms with Crippen molar-refractivity contribution in [3.8, 4) is 17.0 Å². The minimum atomic E-state index is -1.06. The van der Waals surface area contributed by atoms with Crippen LogP contribution in [0.3, 0.4) is 0 Å². The van der Waals surface area contributed by atoms with Gasteiger partial charge in [-0.15, -0.1) is 0 Å². The minimum Gasteiger partial charge on any atom is -0.496 e. The fourth-order valence-electron chi connectivity index (χ4n) is 2.39. The Hall–Kier alpha value is -2.01. The molecule has 6 heteroatoms. The maximum Gasteiger partial charge on any atom is 0.356 e. The SMILES string of the molecule is COc1cc(Cl)cc(-c2cc(C(=O)O)nn2C)c1C(C)C. The van der Waals surface area contributed by atoms with Gasteiger partial charge in [0.2, 0.25) is 0 Å². The van der Waals surface area contributed by atoms with Gasteiger partial charge in [0.1, 0.15) is 5.75 Å². The van der Waals surface area contributed by atoms with E-state index in [2.05, 4.69) is 5.10 Å². The summed E-state index contributed by atoms with van der Waals surface area (Å²) in [6.07, 6.45) is 0. The van der Waals surface area contributed by atoms with Crippen LogP contribution in [0.2, 0.25) is 5.02 Å². The Bertz CT molecular complexity index is 692. The zero-order valence-corrected chi connectivity index (χ0v) is 13.1. The van der Waals surface area contributed by atoms with Crippen molar-refractivity contribution < 1.29 is 14.6 Å². The van der Waals surface area contributed by atoms with Gasteiger partial charge in [-0.2, -0.15) is 5.10 Å². The fraction of sp³-hybridized carbons (Fsp3) is 0.333. The van der Waals surface area contributed by atoms with E-state index in [9.17, 15) is 4.79 Å². The number of aromatic nitrogens is 2. The van der Waals surface area contributed by atoms with Gasteiger partial charge in [-0.1, -0.05) is 25.4 Å². The number of aromatic carboxylic acids is 1. The van der Waals surface area contributed by atoms with Gasteiger partial charge in [0, 0.05) is 23.2 Å². The predicted octanol–water partition coefficient (Wildman–Crippen LogP) is 3.57. The van der Waals surface area contributed by atoms with Gasteiger partial charge in [-0.05, 0) is 24.1 Å². The molecule has 2 rings (SSSR count). The molecule has 0 atom stereocenters. The zero-order chi connectivity index (χ0) is 15.7. The van der Waals surface area contributed by atoms with Crippen molar-refractivity contribution in [1.29, 1.82) is 0 Å². The monoisotopic (exact) mass is 308 g/mol. The molecule has 0 unspecified atom stereocenters. The lowest BCUT2D eigenvalue weighted by molar-refractivity contribution is 0.0689. The largest absolute Gasteiger partial charge is 0.496 e. The number of hydrogen-bond donors (Lipinski definition) is 1. The van der Waals surface area contributed by atoms with Gasteiger partial charge in [-0.3, -0.25) is 4.68 Å². The van der Waals surface area contributed by atoms with Crippen LogP contribution in [0.25, 0.3) is 11.3 Å². The van der Waals surface area contributed by atoms with Crippen molar-refractivity contribution >= 4 is 17.6 Å². The molecular weight excluding hydrogens is 292 g/mol. The average molecular weight is 309 g/mol. The Kier molecular flexibility index (Phi) is 4.23. The first-order valence-electron chi connectivity index (χ1n) is 6.50. The van der Waals surface area contributed by atoms with E-state index in [1.165, 1.54) is 0 Å². The highest BCUT2D eigenvalue weighted by Crippen LogP contribution is 2.38. The number of halogens is 1. The first-order valence-corrected chi connectivity index (χ1v) is 6.88. The average Bonchev–Trinajstić information content (AvgIpc) is 2.79. The second-order valence-electron chi connectivity index (χ2n) is 5.07. The van der Waals surface area contributed by atoms with Crippen molar-refractivity contribution in [3.63, 3.8) is 0 Å². The summed E-state index contributed by atoms with van der Waals surface area (Å²) in [5.74, 6) is -0.182. The quantitative estimate of drug-likeness (QED) is 0.937. The van der Waals surface area contributed by atoms with E-state index < -0.39 is 5.97 Å². The van der Waals surface area contributed by atoms with Gasteiger partial charge in [0.05, 0.1) is 12.8 Å². The van der Waals surface area contributed by atoms with Crippen LogP contribution >= 0.6 is 11.6 Å². The van der Waals surface area contributed by atoms with Crippen LogP contribution in [-0.4, -0.2) is 28.0 Å². The summed E-state index contributed by atoms with van der Waals surface area (Å²) in [4.78, 5) is 11.1. The molecule has 21 heavy (non-hydrogen) atoms. The Morgan fingerprint density at radius 3 is 2.52 bits per heavy atom. The van der Waals surface area contributed by atoms with E-state index in [0.29, 0.717) is 16.5 Å². The van der Waals surface area contributed by atoms with E-state index in [1.54, 1.807) is 31.0 Å². The summed E-state index contributed by atoms with van der Waals surface area (Å²) in [7, 11) is 3.30. The number of carboxylic acids is 1. The maximum absolute atomic E-state index is 11.1. The standard InChI is InChI=1S/C15H17ClN2O3/c1-8(2)14-10(5-9(16)6-13(14)21-4)12-7-11(15(19)20)17-18(12)3/h5-8H,1-4H3,(H,19,20). The highest BCUT2D eigenvalue weighted by atomic mass is 35.5. The number of nitrogens with zero attached hydrogens (tertiary/aromatic N) is 2. The molecule has 0 aliphatic heterocycles. The van der Waals surface area contributed by atoms with Crippen LogP contribution in [0.1, 0.15) is 35.8 Å². The van der Waals surface area contributed by atoms with Crippen LogP contribution in [-0.2, 0) is 7.05 Å². The van der Waals surface area contributed by atoms with Crippen LogP contribution < -0.4 is 4.74 Å². The van der Waals surface area contributed by atoms with E-state index in [4.69, 9.17) is 21.4 Å². The highest BCUT2D eigenvalue weighted by molar-refractivity contribution is 6.31. The van der Waals surface area contributed by atoms with Crippen molar-refractivity contribution in [2.45, 2.75) is 19.8 Å². The number of rotatable bonds is 4. The molecule has 0 fully saturated rings. The van der Waals surface area contributed by atoms with Crippen molar-refractivity contribution in [2.24, 2.45) is 7.05 Å². The third kappa shape index (κ3) is 2.88. The molecule has 0 spiro atoms. The number of benzene rings is 1. The highest BCUT2D eigenvalue weighted by Gasteiger charge is 2.20. The Morgan fingerprint density at radius 1 is 1.38 bits per heavy atom. The number of ether oxygens (including phenoxy) is 1. The van der Waals surface area contributed by atoms with Crippen LogP contribution in [0.4, 0.5) is 0 Å². The molecule has 0 saturated heterocycles. The van der Waals surface area contributed by atoms with Crippen LogP contribution in [0, 0.1) is 0 Å². The smallest absolute Gasteiger partial charge is 0.356 e. The number of hydrogen-bond acceptors (Lipinski definition) is 3. The van der Waals surface area contributed by atoms with E-state index in [0.717, 1.165) is 11.1 Å². The molecule has 2 aromatic rings. The molecule has 1 N–H and O–H groups in total. The van der Waals surface area contributed by atoms with Gasteiger partial charge < -0.3 is 9.84 Å². The molecule has 1 aromatic heterocycles. The lowest BCUT2D eigenvalue weighted by atomic mass is 9.94. The van der Waals surface area contributed by atoms with Crippen LogP contribution in [0.15, 0.2) is 18.2 Å². The molecule has 0 aliphatic rings. The Labute approximate surface area is 128 Å². The topological polar surface area (TPSA) is 64.3 Å². The van der Waals surface area contributed by atoms with Crippen molar-refractivity contribution in [1.82, 2.24) is 9.78 Å². The van der Waals surface area contributed by atoms with Gasteiger partial charge in [0.25, 0.3) is 0 Å². The Morgan fingerprint density at radius 2 is 2.05 bits per heavy atom. The van der Waals surface area contributed by atoms with Crippen molar-refractivity contribution in [3.05, 3.63) is 34.5 Å². The number of carboxylic acid groups (broad SMARTS) is 1. The number of aryl methyl sites for hydroxylation is 1. The molecule has 112 valence electrons. The number of carbonyl (C=O) groups is 1. The molecule has 1 aromatic carbocycles. The normalized spacial score (nSPS) is 11.0. The lowest BCUT2D eigenvalue weighted by Crippen LogP contribution is -2.02. The molecule has 0 amide bonds. The number of methoxy groups -OCH3 is 1. The third-order valence-electron chi connectivity index (χ3n) is 3.28. The first-order chi connectivity index (χ1) is 9.85. The van der Waals surface area contributed by atoms with Crippen LogP contribution in [0.5, 0.6) is 5.75 Å². The predicted molar refractivity (Wildman–Crippen MR) is 81.3 cm³/mol. The summed E-state index contributed by atoms with van der Waals surface area (Å²) in [6, 6.07) is 5.11. The summed E-state index contributed by atoms with van der Waals surface area (Å²) in [6.45, 7) is 4.09. The Balaban J connectivity index is 2.73. The molecule has 0 bridgehead atoms. The second kappa shape index (κ2) is 5.77. The van der Waals surface area contributed by atoms with Gasteiger partial charge >= 0.3 is 5.97 Å².